The molecule has 2 heterocycles. The number of amides is 2. The van der Waals surface area contributed by atoms with Crippen molar-refractivity contribution in [3.05, 3.63) is 64.7 Å². The molecule has 10 heteroatoms. The lowest BCUT2D eigenvalue weighted by atomic mass is 10.1. The summed E-state index contributed by atoms with van der Waals surface area (Å²) in [5.41, 5.74) is 2.68. The second-order valence-electron chi connectivity index (χ2n) is 9.87. The monoisotopic (exact) mass is 550 g/mol. The van der Waals surface area contributed by atoms with Gasteiger partial charge < -0.3 is 15.1 Å². The van der Waals surface area contributed by atoms with E-state index in [9.17, 15) is 22.8 Å². The van der Waals surface area contributed by atoms with E-state index in [1.165, 1.54) is 12.1 Å². The Morgan fingerprint density at radius 2 is 1.68 bits per heavy atom. The number of hydrogen-bond acceptors (Lipinski definition) is 4. The molecule has 2 aliphatic heterocycles. The quantitative estimate of drug-likeness (QED) is 0.338. The highest BCUT2D eigenvalue weighted by molar-refractivity contribution is 6.18. The molecule has 0 aromatic heterocycles. The maximum atomic E-state index is 13.0. The zero-order valence-corrected chi connectivity index (χ0v) is 22.2. The molecule has 2 aromatic rings. The second-order valence-corrected chi connectivity index (χ2v) is 10.2. The van der Waals surface area contributed by atoms with Crippen LogP contribution in [0.2, 0.25) is 0 Å². The van der Waals surface area contributed by atoms with E-state index in [2.05, 4.69) is 10.2 Å². The van der Waals surface area contributed by atoms with Crippen LogP contribution in [0.4, 0.5) is 18.9 Å². The first-order chi connectivity index (χ1) is 18.2. The number of nitrogens with one attached hydrogen (secondary N) is 1. The van der Waals surface area contributed by atoms with E-state index >= 15 is 0 Å². The Bertz CT molecular complexity index is 1120. The van der Waals surface area contributed by atoms with Crippen LogP contribution in [0, 0.1) is 0 Å². The van der Waals surface area contributed by atoms with Crippen molar-refractivity contribution in [2.75, 3.05) is 50.0 Å². The Morgan fingerprint density at radius 1 is 0.921 bits per heavy atom. The molecule has 0 saturated carbocycles. The zero-order chi connectivity index (χ0) is 27.1. The van der Waals surface area contributed by atoms with E-state index in [0.717, 1.165) is 56.1 Å². The summed E-state index contributed by atoms with van der Waals surface area (Å²) in [5, 5.41) is 2.76. The highest BCUT2D eigenvalue weighted by Gasteiger charge is 2.31. The van der Waals surface area contributed by atoms with Crippen molar-refractivity contribution in [1.82, 2.24) is 15.1 Å². The van der Waals surface area contributed by atoms with Crippen LogP contribution in [0.15, 0.2) is 42.5 Å². The van der Waals surface area contributed by atoms with Gasteiger partial charge in [0.1, 0.15) is 0 Å². The molecule has 0 bridgehead atoms. The molecule has 0 radical (unpaired) electrons. The predicted molar refractivity (Wildman–Crippen MR) is 142 cm³/mol. The summed E-state index contributed by atoms with van der Waals surface area (Å²) < 4.78 is 39.0. The maximum absolute atomic E-state index is 13.0. The predicted octanol–water partition coefficient (Wildman–Crippen LogP) is 4.90. The van der Waals surface area contributed by atoms with Crippen LogP contribution >= 0.6 is 11.6 Å². The van der Waals surface area contributed by atoms with Crippen LogP contribution in [-0.2, 0) is 24.1 Å². The molecular formula is C28H34ClF3N4O2. The van der Waals surface area contributed by atoms with Crippen LogP contribution in [-0.4, -0.2) is 66.8 Å². The van der Waals surface area contributed by atoms with E-state index in [-0.39, 0.29) is 11.8 Å². The van der Waals surface area contributed by atoms with Crippen LogP contribution in [0.3, 0.4) is 0 Å². The molecule has 6 nitrogen and oxygen atoms in total. The minimum Gasteiger partial charge on any atom is -0.369 e. The van der Waals surface area contributed by atoms with E-state index < -0.39 is 11.7 Å². The fourth-order valence-corrected chi connectivity index (χ4v) is 5.12. The minimum absolute atomic E-state index is 0.129. The highest BCUT2D eigenvalue weighted by atomic mass is 35.5. The van der Waals surface area contributed by atoms with Gasteiger partial charge in [-0.25, -0.2) is 0 Å². The molecule has 206 valence electrons. The van der Waals surface area contributed by atoms with Gasteiger partial charge in [0, 0.05) is 69.4 Å². The first-order valence-corrected chi connectivity index (χ1v) is 13.7. The summed E-state index contributed by atoms with van der Waals surface area (Å²) in [4.78, 5) is 31.1. The summed E-state index contributed by atoms with van der Waals surface area (Å²) in [6, 6.07) is 11.1. The molecule has 1 saturated heterocycles. The van der Waals surface area contributed by atoms with Crippen LogP contribution in [0.1, 0.15) is 52.7 Å². The first-order valence-electron chi connectivity index (χ1n) is 13.1. The normalized spacial score (nSPS) is 16.0. The Balaban J connectivity index is 1.13. The Labute approximate surface area is 226 Å². The van der Waals surface area contributed by atoms with Crippen LogP contribution in [0.5, 0.6) is 0 Å². The van der Waals surface area contributed by atoms with Crippen molar-refractivity contribution in [2.45, 2.75) is 44.9 Å². The number of benzene rings is 2. The first kappa shape index (κ1) is 28.2. The van der Waals surface area contributed by atoms with Gasteiger partial charge in [-0.2, -0.15) is 13.2 Å². The number of piperazine rings is 1. The highest BCUT2D eigenvalue weighted by Crippen LogP contribution is 2.32. The standard InChI is InChI=1S/C28H34ClF3N4O2/c29-10-11-33-27(38)21-8-9-22-19-36(20-23(22)17-21)26(37)7-2-1-3-12-34-13-15-35(16-14-34)25-6-4-5-24(18-25)28(30,31)32/h4-6,8-9,17-18H,1-3,7,10-16,19-20H2,(H,33,38). The van der Waals surface area contributed by atoms with Crippen LogP contribution < -0.4 is 10.2 Å². The van der Waals surface area contributed by atoms with Gasteiger partial charge in [0.15, 0.2) is 0 Å². The Hall–Kier alpha value is -2.78. The number of carbonyl (C=O) groups is 2. The lowest BCUT2D eigenvalue weighted by molar-refractivity contribution is -0.137. The number of nitrogens with zero attached hydrogens (tertiary/aromatic N) is 3. The van der Waals surface area contributed by atoms with Gasteiger partial charge in [-0.15, -0.1) is 11.6 Å². The number of anilines is 1. The van der Waals surface area contributed by atoms with Gasteiger partial charge >= 0.3 is 6.18 Å². The summed E-state index contributed by atoms with van der Waals surface area (Å²) in [7, 11) is 0. The van der Waals surface area contributed by atoms with E-state index in [1.54, 1.807) is 12.1 Å². The van der Waals surface area contributed by atoms with Crippen molar-refractivity contribution in [2.24, 2.45) is 0 Å². The number of halogens is 4. The molecule has 0 aliphatic carbocycles. The number of fused-ring (bicyclic) bond motifs is 1. The summed E-state index contributed by atoms with van der Waals surface area (Å²) in [6.45, 7) is 5.47. The van der Waals surface area contributed by atoms with E-state index in [0.29, 0.717) is 56.3 Å². The molecule has 1 fully saturated rings. The summed E-state index contributed by atoms with van der Waals surface area (Å²) in [6.07, 6.45) is -1.07. The van der Waals surface area contributed by atoms with Crippen molar-refractivity contribution in [1.29, 1.82) is 0 Å². The molecule has 4 rings (SSSR count). The van der Waals surface area contributed by atoms with Gasteiger partial charge in [0.05, 0.1) is 5.56 Å². The van der Waals surface area contributed by atoms with Crippen molar-refractivity contribution in [3.8, 4) is 0 Å². The smallest absolute Gasteiger partial charge is 0.369 e. The fraction of sp³-hybridized carbons (Fsp3) is 0.500. The van der Waals surface area contributed by atoms with Gasteiger partial charge in [-0.05, 0) is 60.8 Å². The number of rotatable bonds is 10. The number of carbonyl (C=O) groups excluding carboxylic acids is 2. The molecule has 0 spiro atoms. The molecule has 0 atom stereocenters. The molecule has 2 aliphatic rings. The average molecular weight is 551 g/mol. The summed E-state index contributed by atoms with van der Waals surface area (Å²) in [5.74, 6) is 0.332. The molecule has 2 aromatic carbocycles. The third-order valence-corrected chi connectivity index (χ3v) is 7.39. The lowest BCUT2D eigenvalue weighted by Gasteiger charge is -2.36. The topological polar surface area (TPSA) is 55.9 Å². The SMILES string of the molecule is O=C(NCCCl)c1ccc2c(c1)CN(C(=O)CCCCCN1CCN(c3cccc(C(F)(F)F)c3)CC1)C2. The van der Waals surface area contributed by atoms with Gasteiger partial charge in [-0.3, -0.25) is 14.5 Å². The Kier molecular flexibility index (Phi) is 9.54. The number of alkyl halides is 4. The van der Waals surface area contributed by atoms with Crippen LogP contribution in [0.25, 0.3) is 0 Å². The third kappa shape index (κ3) is 7.41. The fourth-order valence-electron chi connectivity index (χ4n) is 5.03. The van der Waals surface area contributed by atoms with Crippen molar-refractivity contribution in [3.63, 3.8) is 0 Å². The molecule has 2 amide bonds. The maximum Gasteiger partial charge on any atom is 0.416 e. The van der Waals surface area contributed by atoms with Crippen molar-refractivity contribution < 1.29 is 22.8 Å². The number of hydrogen-bond donors (Lipinski definition) is 1. The largest absolute Gasteiger partial charge is 0.416 e. The van der Waals surface area contributed by atoms with Gasteiger partial charge in [0.25, 0.3) is 5.91 Å². The van der Waals surface area contributed by atoms with E-state index in [1.807, 2.05) is 21.9 Å². The molecule has 38 heavy (non-hydrogen) atoms. The average Bonchev–Trinajstić information content (AvgIpc) is 3.35. The van der Waals surface area contributed by atoms with Gasteiger partial charge in [0.2, 0.25) is 5.91 Å². The molecular weight excluding hydrogens is 517 g/mol. The molecule has 1 N–H and O–H groups in total. The Morgan fingerprint density at radius 3 is 2.42 bits per heavy atom. The third-order valence-electron chi connectivity index (χ3n) is 7.20. The minimum atomic E-state index is -4.33. The second kappa shape index (κ2) is 12.8. The number of unbranched alkanes of at least 4 members (excludes halogenated alkanes) is 2. The van der Waals surface area contributed by atoms with E-state index in [4.69, 9.17) is 11.6 Å². The zero-order valence-electron chi connectivity index (χ0n) is 21.4. The van der Waals surface area contributed by atoms with Gasteiger partial charge in [-0.1, -0.05) is 18.6 Å². The summed E-state index contributed by atoms with van der Waals surface area (Å²) >= 11 is 5.63. The van der Waals surface area contributed by atoms with Crippen molar-refractivity contribution >= 4 is 29.1 Å². The molecule has 0 unspecified atom stereocenters. The lowest BCUT2D eigenvalue weighted by Crippen LogP contribution is -2.46.